The Hall–Kier alpha value is -1.06. The van der Waals surface area contributed by atoms with Crippen molar-refractivity contribution in [2.45, 2.75) is 52.9 Å². The van der Waals surface area contributed by atoms with Crippen LogP contribution in [0.3, 0.4) is 0 Å². The molecular formula is C16H27ClN2O. The van der Waals surface area contributed by atoms with Gasteiger partial charge < -0.3 is 11.1 Å². The molecule has 1 amide bonds. The maximum Gasteiger partial charge on any atom is 0.224 e. The Morgan fingerprint density at radius 3 is 2.15 bits per heavy atom. The fraction of sp³-hybridized carbons (Fsp3) is 0.562. The maximum absolute atomic E-state index is 11.9. The lowest BCUT2D eigenvalue weighted by Crippen LogP contribution is -2.13. The molecule has 0 heterocycles. The highest BCUT2D eigenvalue weighted by Gasteiger charge is 2.07. The van der Waals surface area contributed by atoms with Crippen molar-refractivity contribution in [1.29, 1.82) is 0 Å². The first-order valence-corrected chi connectivity index (χ1v) is 7.12. The van der Waals surface area contributed by atoms with Crippen molar-refractivity contribution >= 4 is 24.0 Å². The molecule has 0 spiro atoms. The minimum atomic E-state index is 0. The van der Waals surface area contributed by atoms with E-state index in [4.69, 9.17) is 5.73 Å². The first-order chi connectivity index (χ1) is 9.04. The number of benzene rings is 1. The molecule has 0 fully saturated rings. The first kappa shape index (κ1) is 18.9. The zero-order valence-electron chi connectivity index (χ0n) is 12.8. The second-order valence-electron chi connectivity index (χ2n) is 5.27. The Labute approximate surface area is 128 Å². The molecule has 20 heavy (non-hydrogen) atoms. The van der Waals surface area contributed by atoms with E-state index < -0.39 is 0 Å². The summed E-state index contributed by atoms with van der Waals surface area (Å²) in [6, 6.07) is 4.20. The average Bonchev–Trinajstić information content (AvgIpc) is 2.33. The van der Waals surface area contributed by atoms with E-state index in [1.54, 1.807) is 0 Å². The number of nitrogens with two attached hydrogens (primary N) is 1. The van der Waals surface area contributed by atoms with Crippen LogP contribution in [0.4, 0.5) is 5.69 Å². The van der Waals surface area contributed by atoms with Crippen LogP contribution in [0.2, 0.25) is 0 Å². The average molecular weight is 299 g/mol. The molecule has 0 saturated carbocycles. The number of hydrogen-bond donors (Lipinski definition) is 2. The summed E-state index contributed by atoms with van der Waals surface area (Å²) in [5.41, 5.74) is 9.91. The van der Waals surface area contributed by atoms with Gasteiger partial charge in [-0.2, -0.15) is 0 Å². The molecule has 1 aromatic rings. The summed E-state index contributed by atoms with van der Waals surface area (Å²) in [4.78, 5) is 11.9. The number of carbonyl (C=O) groups excluding carboxylic acids is 1. The zero-order valence-corrected chi connectivity index (χ0v) is 13.6. The lowest BCUT2D eigenvalue weighted by atomic mass is 10.0. The largest absolute Gasteiger partial charge is 0.330 e. The molecule has 0 aliphatic carbocycles. The van der Waals surface area contributed by atoms with Crippen molar-refractivity contribution in [2.24, 2.45) is 5.73 Å². The summed E-state index contributed by atoms with van der Waals surface area (Å²) < 4.78 is 0. The Bertz CT molecular complexity index is 409. The molecule has 0 bridgehead atoms. The number of unbranched alkanes of at least 4 members (excludes halogenated alkanes) is 3. The van der Waals surface area contributed by atoms with E-state index in [2.05, 4.69) is 24.4 Å². The van der Waals surface area contributed by atoms with Crippen LogP contribution in [0.5, 0.6) is 0 Å². The summed E-state index contributed by atoms with van der Waals surface area (Å²) in [6.07, 6.45) is 4.79. The van der Waals surface area contributed by atoms with Gasteiger partial charge in [-0.25, -0.2) is 0 Å². The SMILES string of the molecule is Cc1cc(C)c(NC(=O)CCCCCCN)c(C)c1.Cl. The minimum Gasteiger partial charge on any atom is -0.330 e. The van der Waals surface area contributed by atoms with Crippen molar-refractivity contribution in [3.05, 3.63) is 28.8 Å². The van der Waals surface area contributed by atoms with Gasteiger partial charge in [0.1, 0.15) is 0 Å². The second kappa shape index (κ2) is 9.78. The maximum atomic E-state index is 11.9. The van der Waals surface area contributed by atoms with Crippen LogP contribution in [-0.4, -0.2) is 12.5 Å². The third-order valence-corrected chi connectivity index (χ3v) is 3.30. The molecule has 0 atom stereocenters. The zero-order chi connectivity index (χ0) is 14.3. The summed E-state index contributed by atoms with van der Waals surface area (Å²) >= 11 is 0. The van der Waals surface area contributed by atoms with E-state index >= 15 is 0 Å². The van der Waals surface area contributed by atoms with Crippen molar-refractivity contribution < 1.29 is 4.79 Å². The predicted octanol–water partition coefficient (Wildman–Crippen LogP) is 3.88. The van der Waals surface area contributed by atoms with Gasteiger partial charge in [-0.15, -0.1) is 12.4 Å². The van der Waals surface area contributed by atoms with E-state index in [0.29, 0.717) is 6.42 Å². The van der Waals surface area contributed by atoms with E-state index in [-0.39, 0.29) is 18.3 Å². The van der Waals surface area contributed by atoms with Gasteiger partial charge in [0, 0.05) is 12.1 Å². The number of carbonyl (C=O) groups is 1. The molecule has 0 radical (unpaired) electrons. The number of hydrogen-bond acceptors (Lipinski definition) is 2. The predicted molar refractivity (Wildman–Crippen MR) is 88.7 cm³/mol. The summed E-state index contributed by atoms with van der Waals surface area (Å²) in [6.45, 7) is 6.89. The second-order valence-corrected chi connectivity index (χ2v) is 5.27. The molecule has 1 rings (SSSR count). The van der Waals surface area contributed by atoms with Crippen molar-refractivity contribution in [1.82, 2.24) is 0 Å². The van der Waals surface area contributed by atoms with Crippen LogP contribution in [0.25, 0.3) is 0 Å². The molecule has 3 nitrogen and oxygen atoms in total. The van der Waals surface area contributed by atoms with Crippen molar-refractivity contribution in [2.75, 3.05) is 11.9 Å². The fourth-order valence-corrected chi connectivity index (χ4v) is 2.36. The number of rotatable bonds is 7. The quantitative estimate of drug-likeness (QED) is 0.751. The molecule has 4 heteroatoms. The Morgan fingerprint density at radius 2 is 1.60 bits per heavy atom. The Kier molecular flexibility index (Phi) is 9.26. The van der Waals surface area contributed by atoms with Crippen LogP contribution < -0.4 is 11.1 Å². The van der Waals surface area contributed by atoms with Gasteiger partial charge in [0.15, 0.2) is 0 Å². The molecule has 1 aromatic carbocycles. The lowest BCUT2D eigenvalue weighted by molar-refractivity contribution is -0.116. The lowest BCUT2D eigenvalue weighted by Gasteiger charge is -2.12. The van der Waals surface area contributed by atoms with Crippen molar-refractivity contribution in [3.8, 4) is 0 Å². The number of aryl methyl sites for hydroxylation is 3. The molecule has 0 aliphatic rings. The summed E-state index contributed by atoms with van der Waals surface area (Å²) in [5.74, 6) is 0.114. The van der Waals surface area contributed by atoms with Crippen LogP contribution in [-0.2, 0) is 4.79 Å². The number of nitrogens with one attached hydrogen (secondary N) is 1. The molecule has 0 unspecified atom stereocenters. The molecular weight excluding hydrogens is 272 g/mol. The smallest absolute Gasteiger partial charge is 0.224 e. The van der Waals surface area contributed by atoms with Gasteiger partial charge in [-0.05, 0) is 51.3 Å². The van der Waals surface area contributed by atoms with Crippen LogP contribution >= 0.6 is 12.4 Å². The van der Waals surface area contributed by atoms with Gasteiger partial charge in [0.25, 0.3) is 0 Å². The number of anilines is 1. The topological polar surface area (TPSA) is 55.1 Å². The van der Waals surface area contributed by atoms with Crippen LogP contribution in [0, 0.1) is 20.8 Å². The van der Waals surface area contributed by atoms with Crippen LogP contribution in [0.1, 0.15) is 48.8 Å². The Morgan fingerprint density at radius 1 is 1.05 bits per heavy atom. The van der Waals surface area contributed by atoms with Gasteiger partial charge >= 0.3 is 0 Å². The van der Waals surface area contributed by atoms with E-state index in [1.807, 2.05) is 13.8 Å². The highest BCUT2D eigenvalue weighted by atomic mass is 35.5. The highest BCUT2D eigenvalue weighted by Crippen LogP contribution is 2.22. The summed E-state index contributed by atoms with van der Waals surface area (Å²) in [7, 11) is 0. The molecule has 0 saturated heterocycles. The first-order valence-electron chi connectivity index (χ1n) is 7.12. The third-order valence-electron chi connectivity index (χ3n) is 3.30. The normalized spacial score (nSPS) is 10.0. The van der Waals surface area contributed by atoms with Crippen molar-refractivity contribution in [3.63, 3.8) is 0 Å². The molecule has 114 valence electrons. The molecule has 0 aromatic heterocycles. The number of halogens is 1. The van der Waals surface area contributed by atoms with Crippen LogP contribution in [0.15, 0.2) is 12.1 Å². The van der Waals surface area contributed by atoms with E-state index in [1.165, 1.54) is 5.56 Å². The van der Waals surface area contributed by atoms with Gasteiger partial charge in [0.2, 0.25) is 5.91 Å². The van der Waals surface area contributed by atoms with E-state index in [9.17, 15) is 4.79 Å². The van der Waals surface area contributed by atoms with E-state index in [0.717, 1.165) is 49.0 Å². The summed E-state index contributed by atoms with van der Waals surface area (Å²) in [5, 5.41) is 3.03. The Balaban J connectivity index is 0.00000361. The van der Waals surface area contributed by atoms with Gasteiger partial charge in [0.05, 0.1) is 0 Å². The van der Waals surface area contributed by atoms with Gasteiger partial charge in [-0.1, -0.05) is 30.5 Å². The molecule has 0 aliphatic heterocycles. The number of amides is 1. The third kappa shape index (κ3) is 6.40. The standard InChI is InChI=1S/C16H26N2O.ClH/c1-12-10-13(2)16(14(3)11-12)18-15(19)8-6-4-5-7-9-17;/h10-11H,4-9,17H2,1-3H3,(H,18,19);1H. The minimum absolute atomic E-state index is 0. The fourth-order valence-electron chi connectivity index (χ4n) is 2.36. The van der Waals surface area contributed by atoms with Gasteiger partial charge in [-0.3, -0.25) is 4.79 Å². The monoisotopic (exact) mass is 298 g/mol. The highest BCUT2D eigenvalue weighted by molar-refractivity contribution is 5.92. The molecule has 3 N–H and O–H groups in total.